The lowest BCUT2D eigenvalue weighted by Crippen LogP contribution is -2.41. The van der Waals surface area contributed by atoms with Crippen LogP contribution in [0, 0.1) is 5.92 Å². The van der Waals surface area contributed by atoms with E-state index in [1.807, 2.05) is 24.3 Å². The maximum absolute atomic E-state index is 13.5. The third-order valence-electron chi connectivity index (χ3n) is 3.66. The van der Waals surface area contributed by atoms with Crippen LogP contribution in [0.15, 0.2) is 34.9 Å². The molecule has 1 heterocycles. The number of hydrogen-bond acceptors (Lipinski definition) is 2. The Labute approximate surface area is 119 Å². The van der Waals surface area contributed by atoms with Crippen LogP contribution in [0.25, 0.3) is 10.9 Å². The van der Waals surface area contributed by atoms with Crippen LogP contribution in [-0.2, 0) is 0 Å². The van der Waals surface area contributed by atoms with Crippen molar-refractivity contribution in [1.82, 2.24) is 4.98 Å². The Hall–Kier alpha value is -1.29. The predicted molar refractivity (Wildman–Crippen MR) is 76.0 cm³/mol. The molecule has 1 saturated carbocycles. The fourth-order valence-electron chi connectivity index (χ4n) is 2.65. The number of carbonyl (C=O) groups is 1. The molecule has 0 spiro atoms. The van der Waals surface area contributed by atoms with Gasteiger partial charge in [0.1, 0.15) is 5.67 Å². The number of alkyl halides is 1. The standard InChI is InChI=1S/C15H13BrFNO/c1-15(17)6-11(7-15)14(19)10-5-9-3-2-4-12(16)13(9)18-8-10/h2-5,8,11H,6-7H2,1H3. The maximum Gasteiger partial charge on any atom is 0.167 e. The second kappa shape index (κ2) is 4.37. The number of halogens is 2. The van der Waals surface area contributed by atoms with Crippen LogP contribution >= 0.6 is 15.9 Å². The summed E-state index contributed by atoms with van der Waals surface area (Å²) in [6.07, 6.45) is 2.23. The number of para-hydroxylation sites is 1. The number of pyridine rings is 1. The molecule has 98 valence electrons. The average Bonchev–Trinajstić information content (AvgIpc) is 2.35. The average molecular weight is 322 g/mol. The number of nitrogens with zero attached hydrogens (tertiary/aromatic N) is 1. The van der Waals surface area contributed by atoms with E-state index < -0.39 is 5.67 Å². The fraction of sp³-hybridized carbons (Fsp3) is 0.333. The van der Waals surface area contributed by atoms with E-state index in [2.05, 4.69) is 20.9 Å². The highest BCUT2D eigenvalue weighted by Crippen LogP contribution is 2.42. The molecule has 0 unspecified atom stereocenters. The molecular weight excluding hydrogens is 309 g/mol. The number of Topliss-reactive ketones (excluding diaryl/α,β-unsaturated/α-hetero) is 1. The van der Waals surface area contributed by atoms with Crippen molar-refractivity contribution < 1.29 is 9.18 Å². The molecule has 1 aromatic heterocycles. The summed E-state index contributed by atoms with van der Waals surface area (Å²) in [6.45, 7) is 1.55. The lowest BCUT2D eigenvalue weighted by Gasteiger charge is -2.37. The first-order valence-electron chi connectivity index (χ1n) is 6.24. The van der Waals surface area contributed by atoms with Crippen LogP contribution in [0.4, 0.5) is 4.39 Å². The van der Waals surface area contributed by atoms with E-state index in [0.29, 0.717) is 18.4 Å². The highest BCUT2D eigenvalue weighted by molar-refractivity contribution is 9.10. The Kier molecular flexibility index (Phi) is 2.93. The van der Waals surface area contributed by atoms with Crippen LogP contribution in [0.5, 0.6) is 0 Å². The first-order chi connectivity index (χ1) is 8.96. The highest BCUT2D eigenvalue weighted by Gasteiger charge is 2.44. The van der Waals surface area contributed by atoms with Crippen molar-refractivity contribution >= 4 is 32.6 Å². The molecule has 2 aromatic rings. The van der Waals surface area contributed by atoms with Crippen LogP contribution in [0.2, 0.25) is 0 Å². The largest absolute Gasteiger partial charge is 0.294 e. The van der Waals surface area contributed by atoms with Crippen molar-refractivity contribution in [3.63, 3.8) is 0 Å². The van der Waals surface area contributed by atoms with Gasteiger partial charge in [0.25, 0.3) is 0 Å². The van der Waals surface area contributed by atoms with E-state index in [4.69, 9.17) is 0 Å². The van der Waals surface area contributed by atoms with Gasteiger partial charge in [-0.05, 0) is 47.8 Å². The zero-order valence-electron chi connectivity index (χ0n) is 10.5. The third kappa shape index (κ3) is 2.29. The molecule has 0 N–H and O–H groups in total. The van der Waals surface area contributed by atoms with Gasteiger partial charge in [0.05, 0.1) is 5.52 Å². The normalized spacial score (nSPS) is 26.2. The monoisotopic (exact) mass is 321 g/mol. The molecular formula is C15H13BrFNO. The number of ketones is 1. The predicted octanol–water partition coefficient (Wildman–Crippen LogP) is 4.32. The minimum absolute atomic E-state index is 0.00417. The summed E-state index contributed by atoms with van der Waals surface area (Å²) >= 11 is 3.43. The van der Waals surface area contributed by atoms with Gasteiger partial charge >= 0.3 is 0 Å². The van der Waals surface area contributed by atoms with Crippen LogP contribution in [0.1, 0.15) is 30.1 Å². The van der Waals surface area contributed by atoms with Gasteiger partial charge in [-0.25, -0.2) is 4.39 Å². The summed E-state index contributed by atoms with van der Waals surface area (Å²) in [4.78, 5) is 16.5. The van der Waals surface area contributed by atoms with E-state index in [9.17, 15) is 9.18 Å². The van der Waals surface area contributed by atoms with Crippen LogP contribution < -0.4 is 0 Å². The molecule has 2 nitrogen and oxygen atoms in total. The van der Waals surface area contributed by atoms with Gasteiger partial charge in [0, 0.05) is 27.5 Å². The summed E-state index contributed by atoms with van der Waals surface area (Å²) in [5.41, 5.74) is 0.238. The molecule has 0 atom stereocenters. The maximum atomic E-state index is 13.5. The molecule has 1 aromatic carbocycles. The molecule has 0 radical (unpaired) electrons. The quantitative estimate of drug-likeness (QED) is 0.771. The summed E-state index contributed by atoms with van der Waals surface area (Å²) in [7, 11) is 0. The van der Waals surface area contributed by atoms with Crippen molar-refractivity contribution in [2.24, 2.45) is 5.92 Å². The number of hydrogen-bond donors (Lipinski definition) is 0. The second-order valence-electron chi connectivity index (χ2n) is 5.42. The minimum atomic E-state index is -1.17. The van der Waals surface area contributed by atoms with Crippen molar-refractivity contribution in [1.29, 1.82) is 0 Å². The molecule has 19 heavy (non-hydrogen) atoms. The van der Waals surface area contributed by atoms with Gasteiger partial charge in [-0.2, -0.15) is 0 Å². The van der Waals surface area contributed by atoms with Crippen molar-refractivity contribution in [2.75, 3.05) is 0 Å². The van der Waals surface area contributed by atoms with E-state index in [0.717, 1.165) is 15.4 Å². The molecule has 3 rings (SSSR count). The number of aromatic nitrogens is 1. The Morgan fingerprint density at radius 2 is 2.21 bits per heavy atom. The molecule has 1 aliphatic carbocycles. The third-order valence-corrected chi connectivity index (χ3v) is 4.30. The van der Waals surface area contributed by atoms with Gasteiger partial charge in [-0.1, -0.05) is 12.1 Å². The van der Waals surface area contributed by atoms with Crippen molar-refractivity contribution in [3.05, 3.63) is 40.5 Å². The van der Waals surface area contributed by atoms with Gasteiger partial charge in [-0.3, -0.25) is 9.78 Å². The first kappa shape index (κ1) is 12.7. The topological polar surface area (TPSA) is 30.0 Å². The van der Waals surface area contributed by atoms with Gasteiger partial charge in [0.15, 0.2) is 5.78 Å². The Balaban J connectivity index is 1.92. The van der Waals surface area contributed by atoms with E-state index in [-0.39, 0.29) is 11.7 Å². The Morgan fingerprint density at radius 1 is 1.47 bits per heavy atom. The highest BCUT2D eigenvalue weighted by atomic mass is 79.9. The first-order valence-corrected chi connectivity index (χ1v) is 7.03. The SMILES string of the molecule is CC1(F)CC(C(=O)c2cnc3c(Br)cccc3c2)C1. The summed E-state index contributed by atoms with van der Waals surface area (Å²) in [6, 6.07) is 7.58. The van der Waals surface area contributed by atoms with Gasteiger partial charge in [0.2, 0.25) is 0 Å². The molecule has 0 amide bonds. The minimum Gasteiger partial charge on any atom is -0.294 e. The number of fused-ring (bicyclic) bond motifs is 1. The molecule has 1 fully saturated rings. The zero-order chi connectivity index (χ0) is 13.6. The molecule has 0 saturated heterocycles. The summed E-state index contributed by atoms with van der Waals surface area (Å²) in [5, 5.41) is 0.919. The molecule has 0 aliphatic heterocycles. The molecule has 1 aliphatic rings. The van der Waals surface area contributed by atoms with E-state index in [1.54, 1.807) is 13.1 Å². The summed E-state index contributed by atoms with van der Waals surface area (Å²) in [5.74, 6) is -0.189. The Bertz CT molecular complexity index is 660. The second-order valence-corrected chi connectivity index (χ2v) is 6.27. The van der Waals surface area contributed by atoms with Gasteiger partial charge in [-0.15, -0.1) is 0 Å². The van der Waals surface area contributed by atoms with E-state index in [1.165, 1.54) is 0 Å². The molecule has 0 bridgehead atoms. The molecule has 4 heteroatoms. The van der Waals surface area contributed by atoms with Crippen LogP contribution in [-0.4, -0.2) is 16.4 Å². The zero-order valence-corrected chi connectivity index (χ0v) is 12.1. The number of rotatable bonds is 2. The number of carbonyl (C=O) groups excluding carboxylic acids is 1. The lowest BCUT2D eigenvalue weighted by atomic mass is 9.70. The lowest BCUT2D eigenvalue weighted by molar-refractivity contribution is 0.0245. The van der Waals surface area contributed by atoms with Crippen molar-refractivity contribution in [2.45, 2.75) is 25.4 Å². The van der Waals surface area contributed by atoms with Crippen molar-refractivity contribution in [3.8, 4) is 0 Å². The van der Waals surface area contributed by atoms with E-state index >= 15 is 0 Å². The smallest absolute Gasteiger partial charge is 0.167 e. The summed E-state index contributed by atoms with van der Waals surface area (Å²) < 4.78 is 14.4. The Morgan fingerprint density at radius 3 is 2.89 bits per heavy atom. The van der Waals surface area contributed by atoms with Crippen LogP contribution in [0.3, 0.4) is 0 Å². The van der Waals surface area contributed by atoms with Gasteiger partial charge < -0.3 is 0 Å². The fourth-order valence-corrected chi connectivity index (χ4v) is 3.13. The number of benzene rings is 1.